The Morgan fingerprint density at radius 1 is 1.09 bits per heavy atom. The lowest BCUT2D eigenvalue weighted by Gasteiger charge is -2.20. The van der Waals surface area contributed by atoms with Gasteiger partial charge in [-0.25, -0.2) is 9.50 Å². The number of nitrogens with one attached hydrogen (secondary N) is 1. The summed E-state index contributed by atoms with van der Waals surface area (Å²) in [4.78, 5) is 29.8. The summed E-state index contributed by atoms with van der Waals surface area (Å²) in [6.07, 6.45) is 0.723. The second kappa shape index (κ2) is 9.94. The Kier molecular flexibility index (Phi) is 7.28. The number of carbonyl (C=O) groups excluding carboxylic acids is 2. The van der Waals surface area contributed by atoms with E-state index in [9.17, 15) is 9.59 Å². The first-order valence-electron chi connectivity index (χ1n) is 11.0. The highest BCUT2D eigenvalue weighted by Gasteiger charge is 2.21. The number of fused-ring (bicyclic) bond motifs is 1. The molecule has 0 saturated carbocycles. The van der Waals surface area contributed by atoms with E-state index in [4.69, 9.17) is 4.74 Å². The Balaban J connectivity index is 1.73. The van der Waals surface area contributed by atoms with Crippen molar-refractivity contribution in [3.63, 3.8) is 0 Å². The molecule has 3 aromatic rings. The third-order valence-corrected chi connectivity index (χ3v) is 5.44. The van der Waals surface area contributed by atoms with Gasteiger partial charge in [0.15, 0.2) is 5.65 Å². The summed E-state index contributed by atoms with van der Waals surface area (Å²) >= 11 is 0. The molecule has 1 N–H and O–H groups in total. The minimum atomic E-state index is -0.439. The molecule has 3 rings (SSSR count). The molecule has 2 heterocycles. The number of esters is 1. The van der Waals surface area contributed by atoms with Crippen LogP contribution in [0.4, 0.5) is 0 Å². The highest BCUT2D eigenvalue weighted by Crippen LogP contribution is 2.20. The van der Waals surface area contributed by atoms with Crippen molar-refractivity contribution in [1.29, 1.82) is 0 Å². The van der Waals surface area contributed by atoms with Crippen LogP contribution >= 0.6 is 0 Å². The first-order chi connectivity index (χ1) is 15.1. The molecule has 7 nitrogen and oxygen atoms in total. The molecule has 0 spiro atoms. The zero-order valence-electron chi connectivity index (χ0n) is 19.7. The number of benzene rings is 1. The number of hydrogen-bond donors (Lipinski definition) is 1. The van der Waals surface area contributed by atoms with Gasteiger partial charge in [-0.15, -0.1) is 0 Å². The second-order valence-corrected chi connectivity index (χ2v) is 8.59. The Hall–Kier alpha value is -3.22. The summed E-state index contributed by atoms with van der Waals surface area (Å²) in [5.74, 6) is -0.454. The molecule has 1 unspecified atom stereocenters. The number of aromatic nitrogens is 3. The van der Waals surface area contributed by atoms with Crippen LogP contribution in [0.5, 0.6) is 0 Å². The monoisotopic (exact) mass is 436 g/mol. The summed E-state index contributed by atoms with van der Waals surface area (Å²) in [7, 11) is 0. The maximum absolute atomic E-state index is 12.9. The average Bonchev–Trinajstić information content (AvgIpc) is 3.07. The summed E-state index contributed by atoms with van der Waals surface area (Å²) in [5, 5.41) is 7.52. The number of rotatable bonds is 8. The largest absolute Gasteiger partial charge is 0.463 e. The van der Waals surface area contributed by atoms with Crippen LogP contribution in [0, 0.1) is 27.7 Å². The second-order valence-electron chi connectivity index (χ2n) is 8.59. The van der Waals surface area contributed by atoms with Gasteiger partial charge < -0.3 is 10.1 Å². The molecule has 0 saturated heterocycles. The maximum Gasteiger partial charge on any atom is 0.308 e. The van der Waals surface area contributed by atoms with Crippen molar-refractivity contribution in [1.82, 2.24) is 19.9 Å². The Bertz CT molecular complexity index is 1120. The third kappa shape index (κ3) is 5.72. The SMILES string of the molecule is Cc1ccc(C(CC(=O)OC(C)C)NC(=O)CCc2c(C)nc3cc(C)nn3c2C)cc1. The summed E-state index contributed by atoms with van der Waals surface area (Å²) in [6, 6.07) is 9.33. The van der Waals surface area contributed by atoms with Crippen molar-refractivity contribution in [2.45, 2.75) is 73.0 Å². The molecule has 0 fully saturated rings. The van der Waals surface area contributed by atoms with Gasteiger partial charge in [0, 0.05) is 23.9 Å². The number of aryl methyl sites for hydroxylation is 4. The van der Waals surface area contributed by atoms with Gasteiger partial charge in [0.25, 0.3) is 0 Å². The molecular formula is C25H32N4O3. The number of carbonyl (C=O) groups is 2. The molecular weight excluding hydrogens is 404 g/mol. The molecule has 1 amide bonds. The van der Waals surface area contributed by atoms with Crippen LogP contribution in [0.15, 0.2) is 30.3 Å². The van der Waals surface area contributed by atoms with Crippen LogP contribution in [0.2, 0.25) is 0 Å². The standard InChI is InChI=1S/C25H32N4O3/c1-15(2)32-25(31)14-22(20-9-7-16(3)8-10-20)27-24(30)12-11-21-18(5)26-23-13-17(4)28-29(23)19(21)6/h7-10,13,15,22H,11-12,14H2,1-6H3,(H,27,30). The minimum absolute atomic E-state index is 0.0884. The fraction of sp³-hybridized carbons (Fsp3) is 0.440. The molecule has 0 aliphatic rings. The summed E-state index contributed by atoms with van der Waals surface area (Å²) in [5.41, 5.74) is 6.63. The van der Waals surface area contributed by atoms with E-state index in [-0.39, 0.29) is 30.8 Å². The molecule has 0 radical (unpaired) electrons. The van der Waals surface area contributed by atoms with Crippen LogP contribution < -0.4 is 5.32 Å². The van der Waals surface area contributed by atoms with E-state index in [1.54, 1.807) is 0 Å². The van der Waals surface area contributed by atoms with Crippen molar-refractivity contribution in [3.05, 3.63) is 64.1 Å². The van der Waals surface area contributed by atoms with E-state index in [2.05, 4.69) is 15.4 Å². The molecule has 0 bridgehead atoms. The van der Waals surface area contributed by atoms with Crippen molar-refractivity contribution in [3.8, 4) is 0 Å². The highest BCUT2D eigenvalue weighted by molar-refractivity contribution is 5.78. The third-order valence-electron chi connectivity index (χ3n) is 5.44. The first-order valence-corrected chi connectivity index (χ1v) is 11.0. The Labute approximate surface area is 189 Å². The van der Waals surface area contributed by atoms with Crippen LogP contribution in [-0.4, -0.2) is 32.6 Å². The van der Waals surface area contributed by atoms with Crippen LogP contribution in [0.25, 0.3) is 5.65 Å². The van der Waals surface area contributed by atoms with Crippen molar-refractivity contribution >= 4 is 17.5 Å². The fourth-order valence-electron chi connectivity index (χ4n) is 3.84. The topological polar surface area (TPSA) is 85.6 Å². The van der Waals surface area contributed by atoms with E-state index in [1.165, 1.54) is 0 Å². The molecule has 0 aliphatic heterocycles. The normalized spacial score (nSPS) is 12.2. The van der Waals surface area contributed by atoms with Gasteiger partial charge in [-0.2, -0.15) is 5.10 Å². The maximum atomic E-state index is 12.9. The number of hydrogen-bond acceptors (Lipinski definition) is 5. The highest BCUT2D eigenvalue weighted by atomic mass is 16.5. The van der Waals surface area contributed by atoms with Crippen molar-refractivity contribution in [2.75, 3.05) is 0 Å². The van der Waals surface area contributed by atoms with Crippen LogP contribution in [0.3, 0.4) is 0 Å². The quantitative estimate of drug-likeness (QED) is 0.538. The Morgan fingerprint density at radius 3 is 2.44 bits per heavy atom. The zero-order chi connectivity index (χ0) is 23.4. The minimum Gasteiger partial charge on any atom is -0.463 e. The molecule has 1 aromatic carbocycles. The van der Waals surface area contributed by atoms with Gasteiger partial charge in [0.1, 0.15) is 0 Å². The predicted octanol–water partition coefficient (Wildman–Crippen LogP) is 4.09. The van der Waals surface area contributed by atoms with Gasteiger partial charge in [0.2, 0.25) is 5.91 Å². The number of amides is 1. The van der Waals surface area contributed by atoms with E-state index in [0.29, 0.717) is 6.42 Å². The Morgan fingerprint density at radius 2 is 1.78 bits per heavy atom. The van der Waals surface area contributed by atoms with Gasteiger partial charge in [0.05, 0.1) is 24.3 Å². The van der Waals surface area contributed by atoms with E-state index >= 15 is 0 Å². The van der Waals surface area contributed by atoms with E-state index in [0.717, 1.165) is 39.4 Å². The zero-order valence-corrected chi connectivity index (χ0v) is 19.7. The number of ether oxygens (including phenoxy) is 1. The molecule has 1 atom stereocenters. The van der Waals surface area contributed by atoms with Crippen LogP contribution in [-0.2, 0) is 20.7 Å². The molecule has 32 heavy (non-hydrogen) atoms. The molecule has 7 heteroatoms. The van der Waals surface area contributed by atoms with Crippen molar-refractivity contribution < 1.29 is 14.3 Å². The number of nitrogens with zero attached hydrogens (tertiary/aromatic N) is 3. The molecule has 0 aliphatic carbocycles. The van der Waals surface area contributed by atoms with E-state index in [1.807, 2.05) is 76.4 Å². The lowest BCUT2D eigenvalue weighted by molar-refractivity contribution is -0.148. The van der Waals surface area contributed by atoms with Gasteiger partial charge in [-0.05, 0) is 59.1 Å². The van der Waals surface area contributed by atoms with Gasteiger partial charge in [-0.3, -0.25) is 9.59 Å². The smallest absolute Gasteiger partial charge is 0.308 e. The van der Waals surface area contributed by atoms with Crippen LogP contribution in [0.1, 0.15) is 66.5 Å². The summed E-state index contributed by atoms with van der Waals surface area (Å²) in [6.45, 7) is 11.5. The van der Waals surface area contributed by atoms with Gasteiger partial charge >= 0.3 is 5.97 Å². The predicted molar refractivity (Wildman–Crippen MR) is 123 cm³/mol. The van der Waals surface area contributed by atoms with Crippen molar-refractivity contribution in [2.24, 2.45) is 0 Å². The average molecular weight is 437 g/mol. The van der Waals surface area contributed by atoms with Gasteiger partial charge in [-0.1, -0.05) is 29.8 Å². The molecule has 170 valence electrons. The molecule has 2 aromatic heterocycles. The van der Waals surface area contributed by atoms with E-state index < -0.39 is 6.04 Å². The lowest BCUT2D eigenvalue weighted by Crippen LogP contribution is -2.31. The summed E-state index contributed by atoms with van der Waals surface area (Å²) < 4.78 is 7.13. The first kappa shape index (κ1) is 23.4. The lowest BCUT2D eigenvalue weighted by atomic mass is 10.0. The fourth-order valence-corrected chi connectivity index (χ4v) is 3.84.